The number of anilines is 1. The Kier molecular flexibility index (Phi) is 4.13. The van der Waals surface area contributed by atoms with Crippen LogP contribution in [0.25, 0.3) is 16.7 Å². The molecule has 27 heavy (non-hydrogen) atoms. The van der Waals surface area contributed by atoms with Crippen molar-refractivity contribution in [1.82, 2.24) is 19.2 Å². The van der Waals surface area contributed by atoms with Crippen LogP contribution in [0.15, 0.2) is 42.5 Å². The van der Waals surface area contributed by atoms with Gasteiger partial charge in [-0.2, -0.15) is 5.26 Å². The summed E-state index contributed by atoms with van der Waals surface area (Å²) in [5.41, 5.74) is 3.83. The summed E-state index contributed by atoms with van der Waals surface area (Å²) in [4.78, 5) is 1.94. The molecule has 0 aliphatic carbocycles. The first-order chi connectivity index (χ1) is 13.0. The minimum atomic E-state index is 0.559. The normalized spacial score (nSPS) is 11.0. The second-order valence-corrected chi connectivity index (χ2v) is 7.14. The van der Waals surface area contributed by atoms with E-state index < -0.39 is 0 Å². The minimum absolute atomic E-state index is 0.559. The van der Waals surface area contributed by atoms with Gasteiger partial charge >= 0.3 is 0 Å². The second-order valence-electron chi connectivity index (χ2n) is 6.75. The third-order valence-corrected chi connectivity index (χ3v) is 5.00. The molecule has 0 unspecified atom stereocenters. The van der Waals surface area contributed by atoms with Crippen molar-refractivity contribution in [2.75, 3.05) is 19.0 Å². The fourth-order valence-corrected chi connectivity index (χ4v) is 3.52. The maximum absolute atomic E-state index is 9.00. The number of rotatable bonds is 3. The van der Waals surface area contributed by atoms with Crippen LogP contribution in [-0.2, 0) is 6.54 Å². The van der Waals surface area contributed by atoms with Crippen LogP contribution in [0.3, 0.4) is 0 Å². The van der Waals surface area contributed by atoms with Crippen molar-refractivity contribution < 1.29 is 0 Å². The predicted octanol–water partition coefficient (Wildman–Crippen LogP) is 3.71. The molecule has 0 bridgehead atoms. The summed E-state index contributed by atoms with van der Waals surface area (Å²) >= 11 is 5.82. The van der Waals surface area contributed by atoms with Crippen LogP contribution in [0.4, 0.5) is 5.95 Å². The van der Waals surface area contributed by atoms with Gasteiger partial charge in [0.05, 0.1) is 23.7 Å². The Morgan fingerprint density at radius 3 is 2.52 bits per heavy atom. The van der Waals surface area contributed by atoms with Crippen LogP contribution in [0, 0.1) is 22.9 Å². The van der Waals surface area contributed by atoms with Crippen molar-refractivity contribution in [2.24, 2.45) is 0 Å². The lowest BCUT2D eigenvalue weighted by Gasteiger charge is -2.15. The SMILES string of the molecule is Cc1ccc2c(c1)c(=S)n(Cc1ccc(C#N)cc1)c1nnc(N(C)C)n21. The molecule has 2 heterocycles. The van der Waals surface area contributed by atoms with Crippen LogP contribution >= 0.6 is 12.2 Å². The predicted molar refractivity (Wildman–Crippen MR) is 109 cm³/mol. The van der Waals surface area contributed by atoms with E-state index in [1.54, 1.807) is 0 Å². The molecule has 0 fully saturated rings. The van der Waals surface area contributed by atoms with Gasteiger partial charge in [-0.3, -0.25) is 4.57 Å². The summed E-state index contributed by atoms with van der Waals surface area (Å²) < 4.78 is 4.76. The molecular weight excluding hydrogens is 356 g/mol. The number of hydrogen-bond acceptors (Lipinski definition) is 5. The first kappa shape index (κ1) is 17.2. The van der Waals surface area contributed by atoms with E-state index in [9.17, 15) is 0 Å². The largest absolute Gasteiger partial charge is 0.347 e. The lowest BCUT2D eigenvalue weighted by atomic mass is 10.1. The highest BCUT2D eigenvalue weighted by Gasteiger charge is 2.16. The highest BCUT2D eigenvalue weighted by atomic mass is 32.1. The maximum atomic E-state index is 9.00. The molecule has 2 aromatic carbocycles. The van der Waals surface area contributed by atoms with E-state index in [-0.39, 0.29) is 0 Å². The Balaban J connectivity index is 2.02. The molecule has 6 nitrogen and oxygen atoms in total. The van der Waals surface area contributed by atoms with Gasteiger partial charge < -0.3 is 4.90 Å². The Hall–Kier alpha value is -3.24. The Morgan fingerprint density at radius 2 is 1.85 bits per heavy atom. The highest BCUT2D eigenvalue weighted by molar-refractivity contribution is 7.71. The van der Waals surface area contributed by atoms with Crippen LogP contribution in [0.2, 0.25) is 0 Å². The molecule has 2 aromatic heterocycles. The molecule has 4 aromatic rings. The van der Waals surface area contributed by atoms with Crippen molar-refractivity contribution in [3.63, 3.8) is 0 Å². The summed E-state index contributed by atoms with van der Waals surface area (Å²) in [6.07, 6.45) is 0. The van der Waals surface area contributed by atoms with E-state index in [2.05, 4.69) is 41.4 Å². The molecule has 0 amide bonds. The molecule has 0 radical (unpaired) electrons. The van der Waals surface area contributed by atoms with Crippen LogP contribution in [0.1, 0.15) is 16.7 Å². The fourth-order valence-electron chi connectivity index (χ4n) is 3.21. The van der Waals surface area contributed by atoms with E-state index in [1.807, 2.05) is 52.2 Å². The van der Waals surface area contributed by atoms with Gasteiger partial charge in [0.2, 0.25) is 11.7 Å². The summed E-state index contributed by atoms with van der Waals surface area (Å²) in [7, 11) is 3.89. The number of benzene rings is 2. The lowest BCUT2D eigenvalue weighted by molar-refractivity contribution is 0.783. The third-order valence-electron chi connectivity index (χ3n) is 4.56. The van der Waals surface area contributed by atoms with Crippen LogP contribution < -0.4 is 4.90 Å². The van der Waals surface area contributed by atoms with Crippen LogP contribution in [-0.4, -0.2) is 33.3 Å². The topological polar surface area (TPSA) is 62.2 Å². The molecule has 0 atom stereocenters. The number of hydrogen-bond donors (Lipinski definition) is 0. The first-order valence-corrected chi connectivity index (χ1v) is 8.95. The smallest absolute Gasteiger partial charge is 0.238 e. The van der Waals surface area contributed by atoms with Crippen LogP contribution in [0.5, 0.6) is 0 Å². The zero-order valence-electron chi connectivity index (χ0n) is 15.3. The summed E-state index contributed by atoms with van der Waals surface area (Å²) in [6.45, 7) is 2.62. The number of aryl methyl sites for hydroxylation is 1. The van der Waals surface area contributed by atoms with E-state index in [0.717, 1.165) is 32.6 Å². The van der Waals surface area contributed by atoms with Gasteiger partial charge in [0.15, 0.2) is 0 Å². The zero-order valence-corrected chi connectivity index (χ0v) is 16.2. The van der Waals surface area contributed by atoms with E-state index in [1.165, 1.54) is 0 Å². The zero-order chi connectivity index (χ0) is 19.1. The van der Waals surface area contributed by atoms with Crippen molar-refractivity contribution >= 4 is 34.8 Å². The number of nitriles is 1. The lowest BCUT2D eigenvalue weighted by Crippen LogP contribution is -2.15. The van der Waals surface area contributed by atoms with Gasteiger partial charge in [-0.1, -0.05) is 36.0 Å². The van der Waals surface area contributed by atoms with Crippen molar-refractivity contribution in [2.45, 2.75) is 13.5 Å². The van der Waals surface area contributed by atoms with Gasteiger partial charge in [0.25, 0.3) is 0 Å². The van der Waals surface area contributed by atoms with Gasteiger partial charge in [-0.25, -0.2) is 4.40 Å². The fraction of sp³-hybridized carbons (Fsp3) is 0.200. The van der Waals surface area contributed by atoms with Crippen molar-refractivity contribution in [3.05, 3.63) is 63.8 Å². The summed E-state index contributed by atoms with van der Waals surface area (Å²) in [6, 6.07) is 15.9. The Bertz CT molecular complexity index is 1260. The van der Waals surface area contributed by atoms with Gasteiger partial charge in [0.1, 0.15) is 4.64 Å². The molecule has 0 aliphatic heterocycles. The molecule has 0 saturated heterocycles. The average Bonchev–Trinajstić information content (AvgIpc) is 3.11. The van der Waals surface area contributed by atoms with Crippen molar-refractivity contribution in [1.29, 1.82) is 5.26 Å². The standard InChI is InChI=1S/C20H18N6S/c1-13-4-9-17-16(10-13)18(27)25(12-15-7-5-14(11-21)6-8-15)20-23-22-19(24(2)3)26(17)20/h4-10H,12H2,1-3H3. The quantitative estimate of drug-likeness (QED) is 0.512. The van der Waals surface area contributed by atoms with Gasteiger partial charge in [0, 0.05) is 19.5 Å². The number of aromatic nitrogens is 4. The molecule has 134 valence electrons. The minimum Gasteiger partial charge on any atom is -0.347 e. The Morgan fingerprint density at radius 1 is 1.11 bits per heavy atom. The van der Waals surface area contributed by atoms with Crippen molar-refractivity contribution in [3.8, 4) is 6.07 Å². The average molecular weight is 374 g/mol. The monoisotopic (exact) mass is 374 g/mol. The second kappa shape index (κ2) is 6.49. The number of fused-ring (bicyclic) bond motifs is 3. The summed E-state index contributed by atoms with van der Waals surface area (Å²) in [5.74, 6) is 1.45. The Labute approximate surface area is 161 Å². The molecule has 0 N–H and O–H groups in total. The molecular formula is C20H18N6S. The van der Waals surface area contributed by atoms with Gasteiger partial charge in [-0.15, -0.1) is 10.2 Å². The van der Waals surface area contributed by atoms with E-state index in [0.29, 0.717) is 17.9 Å². The third kappa shape index (κ3) is 2.84. The number of nitrogens with zero attached hydrogens (tertiary/aromatic N) is 6. The maximum Gasteiger partial charge on any atom is 0.238 e. The molecule has 7 heteroatoms. The van der Waals surface area contributed by atoms with E-state index in [4.69, 9.17) is 17.5 Å². The molecule has 0 aliphatic rings. The van der Waals surface area contributed by atoms with Gasteiger partial charge in [-0.05, 0) is 36.8 Å². The highest BCUT2D eigenvalue weighted by Crippen LogP contribution is 2.24. The molecule has 0 spiro atoms. The summed E-state index contributed by atoms with van der Waals surface area (Å²) in [5, 5.41) is 18.8. The molecule has 0 saturated carbocycles. The molecule has 4 rings (SSSR count). The van der Waals surface area contributed by atoms with E-state index >= 15 is 0 Å². The first-order valence-electron chi connectivity index (χ1n) is 8.54.